The Bertz CT molecular complexity index is 2280. The molecular formula is C72H104. The first kappa shape index (κ1) is 72.3. The van der Waals surface area contributed by atoms with Gasteiger partial charge in [0, 0.05) is 0 Å². The third-order valence-electron chi connectivity index (χ3n) is 9.68. The van der Waals surface area contributed by atoms with Gasteiger partial charge in [0.1, 0.15) is 0 Å². The van der Waals surface area contributed by atoms with Gasteiger partial charge in [-0.25, -0.2) is 0 Å². The first-order valence-electron chi connectivity index (χ1n) is 27.6. The van der Waals surface area contributed by atoms with Crippen molar-refractivity contribution in [2.75, 3.05) is 0 Å². The zero-order valence-electron chi connectivity index (χ0n) is 50.5. The summed E-state index contributed by atoms with van der Waals surface area (Å²) in [6, 6.07) is 68.8. The van der Waals surface area contributed by atoms with Gasteiger partial charge in [-0.15, -0.1) is 0 Å². The van der Waals surface area contributed by atoms with Crippen molar-refractivity contribution in [3.8, 4) is 44.5 Å². The second-order valence-corrected chi connectivity index (χ2v) is 14.9. The molecule has 0 saturated heterocycles. The molecule has 0 aliphatic heterocycles. The first-order chi connectivity index (χ1) is 35.0. The van der Waals surface area contributed by atoms with Crippen molar-refractivity contribution in [2.24, 2.45) is 0 Å². The third-order valence-corrected chi connectivity index (χ3v) is 9.68. The molecule has 8 aromatic rings. The van der Waals surface area contributed by atoms with Crippen LogP contribution in [-0.2, 0) is 0 Å². The van der Waals surface area contributed by atoms with Crippen molar-refractivity contribution in [1.29, 1.82) is 0 Å². The van der Waals surface area contributed by atoms with Crippen LogP contribution in [0.1, 0.15) is 155 Å². The van der Waals surface area contributed by atoms with Gasteiger partial charge < -0.3 is 0 Å². The van der Waals surface area contributed by atoms with E-state index in [2.05, 4.69) is 250 Å². The van der Waals surface area contributed by atoms with E-state index in [0.29, 0.717) is 0 Å². The molecule has 0 unspecified atom stereocenters. The van der Waals surface area contributed by atoms with E-state index in [9.17, 15) is 0 Å². The molecule has 0 N–H and O–H groups in total. The van der Waals surface area contributed by atoms with E-state index in [1.54, 1.807) is 0 Å². The fourth-order valence-electron chi connectivity index (χ4n) is 6.42. The molecule has 72 heavy (non-hydrogen) atoms. The smallest absolute Gasteiger partial charge is 0.0155 e. The van der Waals surface area contributed by atoms with Crippen LogP contribution in [0.2, 0.25) is 0 Å². The number of hydrogen-bond donors (Lipinski definition) is 0. The lowest BCUT2D eigenvalue weighted by molar-refractivity contribution is 1.43. The van der Waals surface area contributed by atoms with Crippen LogP contribution in [0.15, 0.2) is 194 Å². The molecule has 0 aliphatic carbocycles. The van der Waals surface area contributed by atoms with E-state index in [0.717, 1.165) is 0 Å². The molecule has 0 radical (unpaired) electrons. The van der Waals surface area contributed by atoms with Crippen LogP contribution >= 0.6 is 0 Å². The summed E-state index contributed by atoms with van der Waals surface area (Å²) < 4.78 is 0. The second kappa shape index (κ2) is 48.4. The largest absolute Gasteiger partial charge is 0.0683 e. The van der Waals surface area contributed by atoms with E-state index in [1.807, 2.05) is 111 Å². The van der Waals surface area contributed by atoms with E-state index in [1.165, 1.54) is 89.0 Å². The average molecular weight is 970 g/mol. The summed E-state index contributed by atoms with van der Waals surface area (Å²) in [5, 5.41) is 0. The summed E-state index contributed by atoms with van der Waals surface area (Å²) in [6.45, 7) is 49.0. The summed E-state index contributed by atoms with van der Waals surface area (Å²) in [6.07, 6.45) is 0. The molecule has 0 atom stereocenters. The molecule has 0 heterocycles. The van der Waals surface area contributed by atoms with Gasteiger partial charge in [-0.2, -0.15) is 0 Å². The van der Waals surface area contributed by atoms with Gasteiger partial charge >= 0.3 is 0 Å². The summed E-state index contributed by atoms with van der Waals surface area (Å²) in [5.41, 5.74) is 20.9. The summed E-state index contributed by atoms with van der Waals surface area (Å²) in [4.78, 5) is 0. The highest BCUT2D eigenvalue weighted by molar-refractivity contribution is 5.68. The molecule has 0 aromatic heterocycles. The quantitative estimate of drug-likeness (QED) is 0.165. The SMILES string of the molecule is CC.CC.CC.CC.CC.CC.CC.CC.Cc1ccc(-c2cccc(C)c2)cc1.Cc1ccc(-c2cccc(C)c2)cc1.Cc1ccc(-c2ccccc2C)cc1.Cc1cccc(-c2cccc(C)c2)c1. The van der Waals surface area contributed by atoms with Crippen LogP contribution < -0.4 is 0 Å². The van der Waals surface area contributed by atoms with E-state index < -0.39 is 0 Å². The first-order valence-corrected chi connectivity index (χ1v) is 27.6. The van der Waals surface area contributed by atoms with Crippen LogP contribution in [0, 0.1) is 55.4 Å². The Balaban J connectivity index is -0.000000391. The molecule has 0 spiro atoms. The van der Waals surface area contributed by atoms with Crippen LogP contribution in [-0.4, -0.2) is 0 Å². The molecular weight excluding hydrogens is 865 g/mol. The lowest BCUT2D eigenvalue weighted by atomic mass is 10.00. The van der Waals surface area contributed by atoms with Crippen LogP contribution in [0.4, 0.5) is 0 Å². The van der Waals surface area contributed by atoms with Gasteiger partial charge in [-0.1, -0.05) is 344 Å². The minimum Gasteiger partial charge on any atom is -0.0683 e. The highest BCUT2D eigenvalue weighted by atomic mass is 14.1. The van der Waals surface area contributed by atoms with E-state index >= 15 is 0 Å². The summed E-state index contributed by atoms with van der Waals surface area (Å²) >= 11 is 0. The van der Waals surface area contributed by atoms with Crippen molar-refractivity contribution in [3.63, 3.8) is 0 Å². The molecule has 0 nitrogen and oxygen atoms in total. The maximum Gasteiger partial charge on any atom is -0.0155 e. The van der Waals surface area contributed by atoms with Crippen molar-refractivity contribution in [3.05, 3.63) is 239 Å². The summed E-state index contributed by atoms with van der Waals surface area (Å²) in [5.74, 6) is 0. The maximum atomic E-state index is 2.22. The topological polar surface area (TPSA) is 0 Å². The lowest BCUT2D eigenvalue weighted by Crippen LogP contribution is -1.82. The van der Waals surface area contributed by atoms with Crippen LogP contribution in [0.25, 0.3) is 44.5 Å². The molecule has 8 aromatic carbocycles. The fraction of sp³-hybridized carbons (Fsp3) is 0.333. The Morgan fingerprint density at radius 3 is 0.625 bits per heavy atom. The molecule has 0 saturated carbocycles. The summed E-state index contributed by atoms with van der Waals surface area (Å²) in [7, 11) is 0. The van der Waals surface area contributed by atoms with Gasteiger partial charge in [-0.05, 0) is 105 Å². The monoisotopic (exact) mass is 969 g/mol. The maximum absolute atomic E-state index is 2.22. The highest BCUT2D eigenvalue weighted by Crippen LogP contribution is 2.24. The third kappa shape index (κ3) is 30.5. The lowest BCUT2D eigenvalue weighted by Gasteiger charge is -2.05. The van der Waals surface area contributed by atoms with Gasteiger partial charge in [0.15, 0.2) is 0 Å². The molecule has 0 aliphatic rings. The zero-order chi connectivity index (χ0) is 55.9. The standard InChI is InChI=1S/4C14H14.8C2H6/c1-11-5-3-7-13(9-11)14-8-4-6-12(2)10-14;2*1-11-6-8-13(9-7-11)14-5-3-4-12(2)10-14;1-11-7-9-13(10-8-11)14-6-4-3-5-12(14)2;8*1-2/h4*3-10H,1-2H3;8*1-2H3. The van der Waals surface area contributed by atoms with Crippen molar-refractivity contribution in [1.82, 2.24) is 0 Å². The number of benzene rings is 8. The number of hydrogen-bond acceptors (Lipinski definition) is 0. The van der Waals surface area contributed by atoms with Crippen LogP contribution in [0.3, 0.4) is 0 Å². The number of rotatable bonds is 4. The fourth-order valence-corrected chi connectivity index (χ4v) is 6.42. The van der Waals surface area contributed by atoms with Gasteiger partial charge in [0.2, 0.25) is 0 Å². The molecule has 8 rings (SSSR count). The Kier molecular flexibility index (Phi) is 48.6. The zero-order valence-corrected chi connectivity index (χ0v) is 50.5. The second-order valence-electron chi connectivity index (χ2n) is 14.9. The van der Waals surface area contributed by atoms with Gasteiger partial charge in [0.25, 0.3) is 0 Å². The Morgan fingerprint density at radius 2 is 0.389 bits per heavy atom. The van der Waals surface area contributed by atoms with E-state index in [-0.39, 0.29) is 0 Å². The van der Waals surface area contributed by atoms with Crippen molar-refractivity contribution >= 4 is 0 Å². The molecule has 0 fully saturated rings. The van der Waals surface area contributed by atoms with Gasteiger partial charge in [-0.3, -0.25) is 0 Å². The van der Waals surface area contributed by atoms with Crippen molar-refractivity contribution < 1.29 is 0 Å². The predicted octanol–water partition coefficient (Wildman–Crippen LogP) is 24.1. The predicted molar refractivity (Wildman–Crippen MR) is 336 cm³/mol. The van der Waals surface area contributed by atoms with E-state index in [4.69, 9.17) is 0 Å². The Labute approximate surface area is 447 Å². The Morgan fingerprint density at radius 1 is 0.167 bits per heavy atom. The van der Waals surface area contributed by atoms with Crippen LogP contribution in [0.5, 0.6) is 0 Å². The Hall–Kier alpha value is -6.24. The molecule has 0 amide bonds. The highest BCUT2D eigenvalue weighted by Gasteiger charge is 2.01. The van der Waals surface area contributed by atoms with Crippen molar-refractivity contribution in [2.45, 2.75) is 166 Å². The number of aryl methyl sites for hydroxylation is 8. The minimum atomic E-state index is 1.29. The molecule has 0 heteroatoms. The molecule has 0 bridgehead atoms. The normalized spacial score (nSPS) is 8.56. The van der Waals surface area contributed by atoms with Gasteiger partial charge in [0.05, 0.1) is 0 Å². The molecule has 392 valence electrons. The average Bonchev–Trinajstić information content (AvgIpc) is 3.44. The minimum absolute atomic E-state index is 1.29.